The molecule has 0 aliphatic rings. The van der Waals surface area contributed by atoms with E-state index in [9.17, 15) is 9.18 Å². The molecule has 0 saturated carbocycles. The number of amides is 1. The number of carbonyl (C=O) groups excluding carboxylic acids is 1. The smallest absolute Gasteiger partial charge is 0.287 e. The van der Waals surface area contributed by atoms with Crippen LogP contribution in [-0.2, 0) is 26.2 Å². The second kappa shape index (κ2) is 10.7. The maximum absolute atomic E-state index is 13.0. The Balaban J connectivity index is 1.41. The number of rotatable bonds is 9. The molecule has 4 rings (SSSR count). The SMILES string of the molecule is Cc1ccc(CN(Cc2ccccc2)Cc2ccc(C(=O)NCc3ccc(F)cc3)o2)cc1. The molecule has 168 valence electrons. The van der Waals surface area contributed by atoms with E-state index in [1.165, 1.54) is 28.8 Å². The van der Waals surface area contributed by atoms with Gasteiger partial charge in [0.25, 0.3) is 5.91 Å². The first-order valence-electron chi connectivity index (χ1n) is 11.0. The fourth-order valence-corrected chi connectivity index (χ4v) is 3.64. The molecular weight excluding hydrogens is 415 g/mol. The molecule has 33 heavy (non-hydrogen) atoms. The number of halogens is 1. The molecule has 3 aromatic carbocycles. The monoisotopic (exact) mass is 442 g/mol. The maximum Gasteiger partial charge on any atom is 0.287 e. The Morgan fingerprint density at radius 2 is 1.42 bits per heavy atom. The van der Waals surface area contributed by atoms with Gasteiger partial charge in [-0.25, -0.2) is 4.39 Å². The summed E-state index contributed by atoms with van der Waals surface area (Å²) in [5, 5.41) is 2.82. The molecule has 1 N–H and O–H groups in total. The van der Waals surface area contributed by atoms with Crippen LogP contribution in [0.5, 0.6) is 0 Å². The highest BCUT2D eigenvalue weighted by molar-refractivity contribution is 5.91. The molecule has 0 aliphatic heterocycles. The van der Waals surface area contributed by atoms with Gasteiger partial charge in [0.15, 0.2) is 5.76 Å². The van der Waals surface area contributed by atoms with Crippen LogP contribution >= 0.6 is 0 Å². The van der Waals surface area contributed by atoms with Crippen LogP contribution in [0.1, 0.15) is 38.6 Å². The van der Waals surface area contributed by atoms with Gasteiger partial charge in [-0.3, -0.25) is 9.69 Å². The Hall–Kier alpha value is -3.70. The van der Waals surface area contributed by atoms with Crippen LogP contribution in [-0.4, -0.2) is 10.8 Å². The number of furan rings is 1. The zero-order chi connectivity index (χ0) is 23.0. The molecular formula is C28H27FN2O2. The van der Waals surface area contributed by atoms with E-state index in [4.69, 9.17) is 4.42 Å². The fourth-order valence-electron chi connectivity index (χ4n) is 3.64. The predicted molar refractivity (Wildman–Crippen MR) is 127 cm³/mol. The summed E-state index contributed by atoms with van der Waals surface area (Å²) in [5.74, 6) is 0.400. The van der Waals surface area contributed by atoms with Gasteiger partial charge < -0.3 is 9.73 Å². The minimum atomic E-state index is -0.300. The van der Waals surface area contributed by atoms with Crippen LogP contribution in [0.2, 0.25) is 0 Å². The largest absolute Gasteiger partial charge is 0.455 e. The Morgan fingerprint density at radius 1 is 0.788 bits per heavy atom. The molecule has 0 radical (unpaired) electrons. The predicted octanol–water partition coefficient (Wildman–Crippen LogP) is 5.86. The molecule has 0 spiro atoms. The van der Waals surface area contributed by atoms with Crippen molar-refractivity contribution in [3.8, 4) is 0 Å². The highest BCUT2D eigenvalue weighted by atomic mass is 19.1. The quantitative estimate of drug-likeness (QED) is 0.353. The molecule has 5 heteroatoms. The first-order chi connectivity index (χ1) is 16.0. The molecule has 0 bridgehead atoms. The van der Waals surface area contributed by atoms with E-state index in [-0.39, 0.29) is 17.5 Å². The summed E-state index contributed by atoms with van der Waals surface area (Å²) in [6.07, 6.45) is 0. The molecule has 1 aromatic heterocycles. The van der Waals surface area contributed by atoms with Gasteiger partial charge in [0.2, 0.25) is 0 Å². The van der Waals surface area contributed by atoms with Crippen molar-refractivity contribution < 1.29 is 13.6 Å². The third-order valence-corrected chi connectivity index (χ3v) is 5.41. The summed E-state index contributed by atoms with van der Waals surface area (Å²) >= 11 is 0. The van der Waals surface area contributed by atoms with E-state index >= 15 is 0 Å². The highest BCUT2D eigenvalue weighted by Crippen LogP contribution is 2.17. The minimum Gasteiger partial charge on any atom is -0.455 e. The Labute approximate surface area is 193 Å². The van der Waals surface area contributed by atoms with Gasteiger partial charge in [-0.15, -0.1) is 0 Å². The minimum absolute atomic E-state index is 0.266. The highest BCUT2D eigenvalue weighted by Gasteiger charge is 2.15. The van der Waals surface area contributed by atoms with Crippen molar-refractivity contribution in [2.45, 2.75) is 33.1 Å². The van der Waals surface area contributed by atoms with Gasteiger partial charge in [0.1, 0.15) is 11.6 Å². The number of carbonyl (C=O) groups is 1. The van der Waals surface area contributed by atoms with Crippen molar-refractivity contribution >= 4 is 5.91 Å². The first-order valence-corrected chi connectivity index (χ1v) is 11.0. The van der Waals surface area contributed by atoms with E-state index < -0.39 is 0 Å². The number of nitrogens with one attached hydrogen (secondary N) is 1. The second-order valence-electron chi connectivity index (χ2n) is 8.19. The van der Waals surface area contributed by atoms with Crippen LogP contribution in [0, 0.1) is 12.7 Å². The van der Waals surface area contributed by atoms with Gasteiger partial charge >= 0.3 is 0 Å². The number of nitrogens with zero attached hydrogens (tertiary/aromatic N) is 1. The summed E-state index contributed by atoms with van der Waals surface area (Å²) in [6, 6.07) is 28.4. The van der Waals surface area contributed by atoms with E-state index in [0.29, 0.717) is 13.1 Å². The van der Waals surface area contributed by atoms with Crippen molar-refractivity contribution in [2.24, 2.45) is 0 Å². The van der Waals surface area contributed by atoms with Crippen molar-refractivity contribution in [3.05, 3.63) is 131 Å². The number of benzene rings is 3. The lowest BCUT2D eigenvalue weighted by Gasteiger charge is -2.21. The van der Waals surface area contributed by atoms with Gasteiger partial charge in [-0.05, 0) is 47.9 Å². The number of aryl methyl sites for hydroxylation is 1. The topological polar surface area (TPSA) is 45.5 Å². The lowest BCUT2D eigenvalue weighted by atomic mass is 10.1. The molecule has 0 fully saturated rings. The normalized spacial score (nSPS) is 11.0. The van der Waals surface area contributed by atoms with Crippen molar-refractivity contribution in [3.63, 3.8) is 0 Å². The van der Waals surface area contributed by atoms with Crippen molar-refractivity contribution in [1.82, 2.24) is 10.2 Å². The third kappa shape index (κ3) is 6.64. The number of hydrogen-bond donors (Lipinski definition) is 1. The van der Waals surface area contributed by atoms with E-state index in [2.05, 4.69) is 53.5 Å². The zero-order valence-electron chi connectivity index (χ0n) is 18.6. The van der Waals surface area contributed by atoms with Crippen LogP contribution in [0.25, 0.3) is 0 Å². The fraction of sp³-hybridized carbons (Fsp3) is 0.179. The van der Waals surface area contributed by atoms with Crippen molar-refractivity contribution in [1.29, 1.82) is 0 Å². The molecule has 0 saturated heterocycles. The summed E-state index contributed by atoms with van der Waals surface area (Å²) < 4.78 is 18.9. The maximum atomic E-state index is 13.0. The lowest BCUT2D eigenvalue weighted by Crippen LogP contribution is -2.23. The summed E-state index contributed by atoms with van der Waals surface area (Å²) in [6.45, 7) is 4.50. The zero-order valence-corrected chi connectivity index (χ0v) is 18.6. The third-order valence-electron chi connectivity index (χ3n) is 5.41. The summed E-state index contributed by atoms with van der Waals surface area (Å²) in [7, 11) is 0. The van der Waals surface area contributed by atoms with Gasteiger partial charge in [0.05, 0.1) is 6.54 Å². The Kier molecular flexibility index (Phi) is 7.33. The van der Waals surface area contributed by atoms with Gasteiger partial charge in [-0.1, -0.05) is 72.3 Å². The second-order valence-corrected chi connectivity index (χ2v) is 8.19. The molecule has 4 aromatic rings. The molecule has 4 nitrogen and oxygen atoms in total. The van der Waals surface area contributed by atoms with Crippen LogP contribution in [0.15, 0.2) is 95.4 Å². The van der Waals surface area contributed by atoms with Gasteiger partial charge in [-0.2, -0.15) is 0 Å². The van der Waals surface area contributed by atoms with E-state index in [1.54, 1.807) is 18.2 Å². The number of hydrogen-bond acceptors (Lipinski definition) is 3. The summed E-state index contributed by atoms with van der Waals surface area (Å²) in [4.78, 5) is 14.8. The van der Waals surface area contributed by atoms with Gasteiger partial charge in [0, 0.05) is 19.6 Å². The average Bonchev–Trinajstić information content (AvgIpc) is 3.29. The van der Waals surface area contributed by atoms with E-state index in [0.717, 1.165) is 24.4 Å². The molecule has 1 amide bonds. The van der Waals surface area contributed by atoms with Crippen LogP contribution in [0.3, 0.4) is 0 Å². The molecule has 0 unspecified atom stereocenters. The van der Waals surface area contributed by atoms with Crippen LogP contribution in [0.4, 0.5) is 4.39 Å². The molecule has 0 aliphatic carbocycles. The Bertz CT molecular complexity index is 1170. The van der Waals surface area contributed by atoms with Crippen LogP contribution < -0.4 is 5.32 Å². The first kappa shape index (κ1) is 22.5. The van der Waals surface area contributed by atoms with Crippen molar-refractivity contribution in [2.75, 3.05) is 0 Å². The average molecular weight is 443 g/mol. The van der Waals surface area contributed by atoms with E-state index in [1.807, 2.05) is 24.3 Å². The molecule has 0 atom stereocenters. The molecule has 1 heterocycles. The Morgan fingerprint density at radius 3 is 2.12 bits per heavy atom. The summed E-state index contributed by atoms with van der Waals surface area (Å²) in [5.41, 5.74) is 4.49. The lowest BCUT2D eigenvalue weighted by molar-refractivity contribution is 0.0918. The standard InChI is InChI=1S/C28H27FN2O2/c1-21-7-9-24(10-8-21)19-31(18-23-5-3-2-4-6-23)20-26-15-16-27(33-26)28(32)30-17-22-11-13-25(29)14-12-22/h2-16H,17-20H2,1H3,(H,30,32).